The van der Waals surface area contributed by atoms with Crippen molar-refractivity contribution in [3.8, 4) is 0 Å². The zero-order valence-corrected chi connectivity index (χ0v) is 15.7. The molecule has 0 aromatic rings. The molecule has 0 radical (unpaired) electrons. The minimum absolute atomic E-state index is 0.0767. The molecule has 7 atom stereocenters. The van der Waals surface area contributed by atoms with Crippen LogP contribution in [0.5, 0.6) is 0 Å². The van der Waals surface area contributed by atoms with E-state index in [2.05, 4.69) is 20.4 Å². The first-order valence-corrected chi connectivity index (χ1v) is 10.4. The van der Waals surface area contributed by atoms with Gasteiger partial charge >= 0.3 is 0 Å². The summed E-state index contributed by atoms with van der Waals surface area (Å²) in [6.07, 6.45) is 12.8. The molecule has 2 heteroatoms. The molecular weight excluding hydrogens is 296 g/mol. The molecule has 2 nitrogen and oxygen atoms in total. The Balaban J connectivity index is 1.65. The van der Waals surface area contributed by atoms with Crippen molar-refractivity contribution in [1.82, 2.24) is 0 Å². The van der Waals surface area contributed by atoms with Crippen molar-refractivity contribution in [2.45, 2.75) is 83.7 Å². The van der Waals surface area contributed by atoms with Gasteiger partial charge in [0.1, 0.15) is 0 Å². The molecular formula is C22H36O2. The predicted molar refractivity (Wildman–Crippen MR) is 97.5 cm³/mol. The maximum atomic E-state index is 11.4. The Hall–Kier alpha value is -0.340. The highest BCUT2D eigenvalue weighted by atomic mass is 16.3. The molecule has 0 aromatic carbocycles. The van der Waals surface area contributed by atoms with Gasteiger partial charge < -0.3 is 10.2 Å². The summed E-state index contributed by atoms with van der Waals surface area (Å²) in [5.41, 5.74) is 0.286. The van der Waals surface area contributed by atoms with Crippen LogP contribution >= 0.6 is 0 Å². The van der Waals surface area contributed by atoms with E-state index < -0.39 is 5.60 Å². The molecule has 4 rings (SSSR count). The third-order valence-electron chi connectivity index (χ3n) is 9.51. The molecule has 4 aliphatic carbocycles. The van der Waals surface area contributed by atoms with Crippen LogP contribution in [-0.4, -0.2) is 22.4 Å². The number of fused-ring (bicyclic) bond motifs is 5. The molecule has 4 saturated carbocycles. The lowest BCUT2D eigenvalue weighted by atomic mass is 9.44. The van der Waals surface area contributed by atoms with Gasteiger partial charge in [-0.05, 0) is 86.0 Å². The van der Waals surface area contributed by atoms with Gasteiger partial charge in [-0.15, -0.1) is 0 Å². The first-order chi connectivity index (χ1) is 11.4. The Bertz CT molecular complexity index is 528. The fourth-order valence-corrected chi connectivity index (χ4v) is 8.02. The third-order valence-corrected chi connectivity index (χ3v) is 9.51. The molecule has 136 valence electrons. The fraction of sp³-hybridized carbons (Fsp3) is 0.909. The quantitative estimate of drug-likeness (QED) is 0.720. The van der Waals surface area contributed by atoms with E-state index in [-0.39, 0.29) is 12.0 Å². The number of hydrogen-bond acceptors (Lipinski definition) is 2. The van der Waals surface area contributed by atoms with Crippen molar-refractivity contribution >= 4 is 0 Å². The Morgan fingerprint density at radius 3 is 2.46 bits per heavy atom. The molecule has 0 spiro atoms. The van der Waals surface area contributed by atoms with E-state index in [0.29, 0.717) is 16.9 Å². The summed E-state index contributed by atoms with van der Waals surface area (Å²) < 4.78 is 0. The zero-order chi connectivity index (χ0) is 17.2. The van der Waals surface area contributed by atoms with Crippen LogP contribution < -0.4 is 0 Å². The summed E-state index contributed by atoms with van der Waals surface area (Å²) >= 11 is 0. The van der Waals surface area contributed by atoms with Crippen LogP contribution in [0, 0.1) is 34.5 Å². The van der Waals surface area contributed by atoms with Gasteiger partial charge in [-0.25, -0.2) is 0 Å². The second-order valence-corrected chi connectivity index (χ2v) is 10.0. The molecule has 2 N–H and O–H groups in total. The average Bonchev–Trinajstić information content (AvgIpc) is 2.86. The maximum absolute atomic E-state index is 11.4. The molecule has 0 amide bonds. The molecule has 4 fully saturated rings. The van der Waals surface area contributed by atoms with Crippen molar-refractivity contribution < 1.29 is 10.2 Å². The SMILES string of the molecule is C=C(CO)[C@@]1(O)CC[C@H]2[C@@H]3CCC4CCCC[C@]4(C)[C@H]3CC[C@@]21C. The molecule has 4 aliphatic rings. The minimum atomic E-state index is -0.846. The number of hydrogen-bond donors (Lipinski definition) is 2. The van der Waals surface area contributed by atoms with Crippen LogP contribution in [0.15, 0.2) is 12.2 Å². The van der Waals surface area contributed by atoms with Gasteiger partial charge in [0, 0.05) is 5.41 Å². The lowest BCUT2D eigenvalue weighted by molar-refractivity contribution is -0.141. The van der Waals surface area contributed by atoms with Crippen molar-refractivity contribution in [2.75, 3.05) is 6.61 Å². The Labute approximate surface area is 147 Å². The molecule has 0 heterocycles. The topological polar surface area (TPSA) is 40.5 Å². The van der Waals surface area contributed by atoms with E-state index in [9.17, 15) is 10.2 Å². The van der Waals surface area contributed by atoms with E-state index in [1.54, 1.807) is 0 Å². The average molecular weight is 333 g/mol. The number of rotatable bonds is 2. The van der Waals surface area contributed by atoms with Crippen molar-refractivity contribution in [3.05, 3.63) is 12.2 Å². The van der Waals surface area contributed by atoms with Crippen LogP contribution in [-0.2, 0) is 0 Å². The van der Waals surface area contributed by atoms with Gasteiger partial charge in [-0.3, -0.25) is 0 Å². The largest absolute Gasteiger partial charge is 0.392 e. The van der Waals surface area contributed by atoms with Gasteiger partial charge in [-0.1, -0.05) is 33.3 Å². The standard InChI is InChI=1S/C22H36O2/c1-15(14-23)22(24)13-10-19-17-8-7-16-6-4-5-11-20(16,2)18(17)9-12-21(19,22)3/h16-19,23-24H,1,4-14H2,2-3H3/t16?,17-,18+,19+,20+,21+,22+/m1/s1. The Morgan fingerprint density at radius 2 is 1.71 bits per heavy atom. The van der Waals surface area contributed by atoms with Crippen molar-refractivity contribution in [3.63, 3.8) is 0 Å². The summed E-state index contributed by atoms with van der Waals surface area (Å²) in [5, 5.41) is 21.1. The Kier molecular flexibility index (Phi) is 3.97. The van der Waals surface area contributed by atoms with E-state index >= 15 is 0 Å². The zero-order valence-electron chi connectivity index (χ0n) is 15.7. The van der Waals surface area contributed by atoms with Gasteiger partial charge in [-0.2, -0.15) is 0 Å². The van der Waals surface area contributed by atoms with E-state index in [1.807, 2.05) is 0 Å². The van der Waals surface area contributed by atoms with Gasteiger partial charge in [0.25, 0.3) is 0 Å². The lowest BCUT2D eigenvalue weighted by Crippen LogP contribution is -2.56. The Morgan fingerprint density at radius 1 is 0.958 bits per heavy atom. The summed E-state index contributed by atoms with van der Waals surface area (Å²) in [5.74, 6) is 3.21. The van der Waals surface area contributed by atoms with Crippen LogP contribution in [0.2, 0.25) is 0 Å². The monoisotopic (exact) mass is 332 g/mol. The van der Waals surface area contributed by atoms with Crippen molar-refractivity contribution in [2.24, 2.45) is 34.5 Å². The van der Waals surface area contributed by atoms with Crippen LogP contribution in [0.1, 0.15) is 78.1 Å². The fourth-order valence-electron chi connectivity index (χ4n) is 8.02. The smallest absolute Gasteiger partial charge is 0.0932 e. The number of aliphatic hydroxyl groups is 2. The van der Waals surface area contributed by atoms with Crippen LogP contribution in [0.3, 0.4) is 0 Å². The first kappa shape index (κ1) is 17.1. The predicted octanol–water partition coefficient (Wildman–Crippen LogP) is 4.70. The summed E-state index contributed by atoms with van der Waals surface area (Å²) in [7, 11) is 0. The summed E-state index contributed by atoms with van der Waals surface area (Å²) in [4.78, 5) is 0. The van der Waals surface area contributed by atoms with Gasteiger partial charge in [0.15, 0.2) is 0 Å². The molecule has 0 aliphatic heterocycles. The lowest BCUT2D eigenvalue weighted by Gasteiger charge is -2.61. The second-order valence-electron chi connectivity index (χ2n) is 10.0. The number of aliphatic hydroxyl groups excluding tert-OH is 1. The van der Waals surface area contributed by atoms with Gasteiger partial charge in [0.2, 0.25) is 0 Å². The maximum Gasteiger partial charge on any atom is 0.0932 e. The van der Waals surface area contributed by atoms with Crippen LogP contribution in [0.4, 0.5) is 0 Å². The second kappa shape index (κ2) is 5.58. The van der Waals surface area contributed by atoms with Gasteiger partial charge in [0.05, 0.1) is 12.2 Å². The van der Waals surface area contributed by atoms with E-state index in [0.717, 1.165) is 37.0 Å². The molecule has 1 unspecified atom stereocenters. The first-order valence-electron chi connectivity index (χ1n) is 10.4. The summed E-state index contributed by atoms with van der Waals surface area (Å²) in [6, 6.07) is 0. The van der Waals surface area contributed by atoms with Crippen molar-refractivity contribution in [1.29, 1.82) is 0 Å². The molecule has 0 saturated heterocycles. The third kappa shape index (κ3) is 2.02. The summed E-state index contributed by atoms with van der Waals surface area (Å²) in [6.45, 7) is 8.87. The van der Waals surface area contributed by atoms with E-state index in [4.69, 9.17) is 0 Å². The highest BCUT2D eigenvalue weighted by Gasteiger charge is 2.64. The van der Waals surface area contributed by atoms with E-state index in [1.165, 1.54) is 44.9 Å². The minimum Gasteiger partial charge on any atom is -0.392 e. The highest BCUT2D eigenvalue weighted by molar-refractivity contribution is 5.26. The molecule has 0 aromatic heterocycles. The highest BCUT2D eigenvalue weighted by Crippen LogP contribution is 2.69. The van der Waals surface area contributed by atoms with Crippen LogP contribution in [0.25, 0.3) is 0 Å². The molecule has 24 heavy (non-hydrogen) atoms. The normalized spacial score (nSPS) is 53.8. The molecule has 0 bridgehead atoms.